The topological polar surface area (TPSA) is 29.5 Å². The van der Waals surface area contributed by atoms with E-state index in [0.717, 1.165) is 25.3 Å². The van der Waals surface area contributed by atoms with E-state index in [9.17, 15) is 4.79 Å². The zero-order chi connectivity index (χ0) is 13.9. The summed E-state index contributed by atoms with van der Waals surface area (Å²) in [4.78, 5) is 14.2. The van der Waals surface area contributed by atoms with Crippen LogP contribution in [-0.4, -0.2) is 29.2 Å². The van der Waals surface area contributed by atoms with Gasteiger partial charge in [-0.15, -0.1) is 0 Å². The highest BCUT2D eigenvalue weighted by Gasteiger charge is 2.33. The Hall–Kier alpha value is -0.730. The predicted octanol–water partition coefficient (Wildman–Crippen LogP) is 4.36. The van der Waals surface area contributed by atoms with Gasteiger partial charge in [0.25, 0.3) is 0 Å². The van der Waals surface area contributed by atoms with E-state index in [1.54, 1.807) is 0 Å². The second-order valence-electron chi connectivity index (χ2n) is 7.21. The fourth-order valence-electron chi connectivity index (χ4n) is 3.45. The first kappa shape index (κ1) is 14.7. The number of ether oxygens (including phenoxy) is 1. The Bertz CT molecular complexity index is 302. The molecule has 2 fully saturated rings. The molecule has 3 nitrogen and oxygen atoms in total. The molecule has 1 saturated heterocycles. The third-order valence-electron chi connectivity index (χ3n) is 4.34. The van der Waals surface area contributed by atoms with Crippen molar-refractivity contribution in [2.75, 3.05) is 6.54 Å². The quantitative estimate of drug-likeness (QED) is 0.744. The van der Waals surface area contributed by atoms with E-state index in [1.165, 1.54) is 38.5 Å². The molecule has 0 aromatic carbocycles. The summed E-state index contributed by atoms with van der Waals surface area (Å²) in [7, 11) is 0. The molecule has 0 unspecified atom stereocenters. The van der Waals surface area contributed by atoms with Gasteiger partial charge in [0.1, 0.15) is 5.60 Å². The van der Waals surface area contributed by atoms with Gasteiger partial charge in [-0.2, -0.15) is 0 Å². The maximum Gasteiger partial charge on any atom is 0.410 e. The molecule has 0 aromatic rings. The standard InChI is InChI=1S/C16H29NO2/c1-16(2,3)19-15(18)17-11-7-10-14(17)12-13-8-5-4-6-9-13/h13-14H,4-12H2,1-3H3/t14-/m0/s1. The second kappa shape index (κ2) is 6.15. The molecule has 0 N–H and O–H groups in total. The summed E-state index contributed by atoms with van der Waals surface area (Å²) >= 11 is 0. The van der Waals surface area contributed by atoms with Crippen LogP contribution in [0.15, 0.2) is 0 Å². The Morgan fingerprint density at radius 2 is 1.79 bits per heavy atom. The van der Waals surface area contributed by atoms with Gasteiger partial charge in [0, 0.05) is 12.6 Å². The number of hydrogen-bond acceptors (Lipinski definition) is 2. The third-order valence-corrected chi connectivity index (χ3v) is 4.34. The summed E-state index contributed by atoms with van der Waals surface area (Å²) in [5, 5.41) is 0. The minimum Gasteiger partial charge on any atom is -0.444 e. The summed E-state index contributed by atoms with van der Waals surface area (Å²) in [5.41, 5.74) is -0.380. The molecule has 1 amide bonds. The van der Waals surface area contributed by atoms with Gasteiger partial charge >= 0.3 is 6.09 Å². The Kier molecular flexibility index (Phi) is 4.75. The lowest BCUT2D eigenvalue weighted by Gasteiger charge is -2.31. The third kappa shape index (κ3) is 4.39. The van der Waals surface area contributed by atoms with Crippen LogP contribution < -0.4 is 0 Å². The fourth-order valence-corrected chi connectivity index (χ4v) is 3.45. The average molecular weight is 267 g/mol. The van der Waals surface area contributed by atoms with E-state index in [1.807, 2.05) is 25.7 Å². The van der Waals surface area contributed by atoms with Crippen molar-refractivity contribution < 1.29 is 9.53 Å². The first-order valence-corrected chi connectivity index (χ1v) is 7.95. The van der Waals surface area contributed by atoms with Crippen LogP contribution in [0, 0.1) is 5.92 Å². The van der Waals surface area contributed by atoms with Gasteiger partial charge in [-0.3, -0.25) is 0 Å². The molecule has 0 aromatic heterocycles. The van der Waals surface area contributed by atoms with Crippen molar-refractivity contribution in [1.29, 1.82) is 0 Å². The molecule has 1 saturated carbocycles. The monoisotopic (exact) mass is 267 g/mol. The zero-order valence-corrected chi connectivity index (χ0v) is 12.8. The first-order chi connectivity index (χ1) is 8.96. The molecule has 1 aliphatic carbocycles. The largest absolute Gasteiger partial charge is 0.444 e. The van der Waals surface area contributed by atoms with E-state index in [-0.39, 0.29) is 11.7 Å². The van der Waals surface area contributed by atoms with E-state index < -0.39 is 0 Å². The lowest BCUT2D eigenvalue weighted by atomic mass is 9.84. The van der Waals surface area contributed by atoms with Crippen LogP contribution in [0.1, 0.15) is 72.1 Å². The van der Waals surface area contributed by atoms with Crippen LogP contribution in [0.4, 0.5) is 4.79 Å². The van der Waals surface area contributed by atoms with Crippen molar-refractivity contribution in [1.82, 2.24) is 4.90 Å². The molecular formula is C16H29NO2. The Labute approximate surface area is 117 Å². The Balaban J connectivity index is 1.87. The molecule has 0 bridgehead atoms. The molecule has 1 aliphatic heterocycles. The van der Waals surface area contributed by atoms with Gasteiger partial charge in [-0.05, 0) is 46.0 Å². The van der Waals surface area contributed by atoms with E-state index >= 15 is 0 Å². The molecule has 0 radical (unpaired) electrons. The van der Waals surface area contributed by atoms with Crippen molar-refractivity contribution in [2.24, 2.45) is 5.92 Å². The number of nitrogens with zero attached hydrogens (tertiary/aromatic N) is 1. The van der Waals surface area contributed by atoms with Crippen molar-refractivity contribution in [3.8, 4) is 0 Å². The SMILES string of the molecule is CC(C)(C)OC(=O)N1CCC[C@H]1CC1CCCCC1. The fraction of sp³-hybridized carbons (Fsp3) is 0.938. The van der Waals surface area contributed by atoms with E-state index in [2.05, 4.69) is 0 Å². The number of likely N-dealkylation sites (tertiary alicyclic amines) is 1. The zero-order valence-electron chi connectivity index (χ0n) is 12.8. The van der Waals surface area contributed by atoms with Gasteiger partial charge in [0.15, 0.2) is 0 Å². The number of carbonyl (C=O) groups is 1. The minimum absolute atomic E-state index is 0.106. The molecule has 2 rings (SSSR count). The van der Waals surface area contributed by atoms with E-state index in [0.29, 0.717) is 6.04 Å². The molecule has 1 atom stereocenters. The summed E-state index contributed by atoms with van der Waals surface area (Å²) in [6.07, 6.45) is 10.3. The molecule has 110 valence electrons. The maximum absolute atomic E-state index is 12.2. The number of carbonyl (C=O) groups excluding carboxylic acids is 1. The summed E-state index contributed by atoms with van der Waals surface area (Å²) in [5.74, 6) is 0.835. The summed E-state index contributed by atoms with van der Waals surface area (Å²) < 4.78 is 5.53. The van der Waals surface area contributed by atoms with Gasteiger partial charge in [0.05, 0.1) is 0 Å². The van der Waals surface area contributed by atoms with Crippen LogP contribution in [0.25, 0.3) is 0 Å². The second-order valence-corrected chi connectivity index (χ2v) is 7.21. The summed E-state index contributed by atoms with van der Waals surface area (Å²) in [6.45, 7) is 6.71. The lowest BCUT2D eigenvalue weighted by molar-refractivity contribution is 0.0203. The maximum atomic E-state index is 12.2. The van der Waals surface area contributed by atoms with Crippen molar-refractivity contribution in [3.63, 3.8) is 0 Å². The molecule has 0 spiro atoms. The number of hydrogen-bond donors (Lipinski definition) is 0. The number of rotatable bonds is 2. The Morgan fingerprint density at radius 3 is 2.42 bits per heavy atom. The van der Waals surface area contributed by atoms with Gasteiger partial charge in [-0.25, -0.2) is 4.79 Å². The molecule has 1 heterocycles. The van der Waals surface area contributed by atoms with Crippen LogP contribution in [0.2, 0.25) is 0 Å². The molecule has 19 heavy (non-hydrogen) atoms. The normalized spacial score (nSPS) is 25.6. The van der Waals surface area contributed by atoms with Crippen molar-refractivity contribution in [3.05, 3.63) is 0 Å². The van der Waals surface area contributed by atoms with Gasteiger partial charge in [-0.1, -0.05) is 32.1 Å². The van der Waals surface area contributed by atoms with Gasteiger partial charge < -0.3 is 9.64 Å². The van der Waals surface area contributed by atoms with Gasteiger partial charge in [0.2, 0.25) is 0 Å². The number of amides is 1. The highest BCUT2D eigenvalue weighted by atomic mass is 16.6. The van der Waals surface area contributed by atoms with Crippen molar-refractivity contribution in [2.45, 2.75) is 83.8 Å². The summed E-state index contributed by atoms with van der Waals surface area (Å²) in [6, 6.07) is 0.429. The molecule has 2 aliphatic rings. The first-order valence-electron chi connectivity index (χ1n) is 7.95. The van der Waals surface area contributed by atoms with E-state index in [4.69, 9.17) is 4.74 Å². The van der Waals surface area contributed by atoms with Crippen molar-refractivity contribution >= 4 is 6.09 Å². The smallest absolute Gasteiger partial charge is 0.410 e. The highest BCUT2D eigenvalue weighted by molar-refractivity contribution is 5.68. The minimum atomic E-state index is -0.380. The molecular weight excluding hydrogens is 238 g/mol. The lowest BCUT2D eigenvalue weighted by Crippen LogP contribution is -2.40. The molecule has 3 heteroatoms. The highest BCUT2D eigenvalue weighted by Crippen LogP contribution is 2.32. The van der Waals surface area contributed by atoms with Crippen LogP contribution in [-0.2, 0) is 4.74 Å². The van der Waals surface area contributed by atoms with Crippen LogP contribution in [0.5, 0.6) is 0 Å². The van der Waals surface area contributed by atoms with Crippen LogP contribution >= 0.6 is 0 Å². The average Bonchev–Trinajstić information content (AvgIpc) is 2.76. The Morgan fingerprint density at radius 1 is 1.11 bits per heavy atom. The van der Waals surface area contributed by atoms with Crippen LogP contribution in [0.3, 0.4) is 0 Å². The predicted molar refractivity (Wildman–Crippen MR) is 77.2 cm³/mol.